The van der Waals surface area contributed by atoms with E-state index in [-0.39, 0.29) is 22.3 Å². The molecule has 3 N–H and O–H groups in total. The quantitative estimate of drug-likeness (QED) is 0.463. The van der Waals surface area contributed by atoms with Gasteiger partial charge >= 0.3 is 0 Å². The van der Waals surface area contributed by atoms with Gasteiger partial charge in [-0.25, -0.2) is 9.97 Å². The van der Waals surface area contributed by atoms with Crippen molar-refractivity contribution >= 4 is 47.0 Å². The van der Waals surface area contributed by atoms with Crippen LogP contribution in [0.5, 0.6) is 0 Å². The van der Waals surface area contributed by atoms with E-state index >= 15 is 0 Å². The highest BCUT2D eigenvalue weighted by molar-refractivity contribution is 6.34. The van der Waals surface area contributed by atoms with Crippen LogP contribution in [-0.2, 0) is 15.3 Å². The van der Waals surface area contributed by atoms with Crippen molar-refractivity contribution < 1.29 is 9.59 Å². The van der Waals surface area contributed by atoms with E-state index in [2.05, 4.69) is 25.9 Å². The molecule has 30 heavy (non-hydrogen) atoms. The maximum absolute atomic E-state index is 12.7. The Hall–Kier alpha value is -3.10. The molecule has 0 saturated carbocycles. The lowest BCUT2D eigenvalue weighted by molar-refractivity contribution is -0.117. The zero-order valence-corrected chi connectivity index (χ0v) is 18.0. The number of likely N-dealkylation sites (N-methyl/N-ethyl adjacent to an activating group) is 1. The maximum Gasteiger partial charge on any atom is 0.271 e. The fourth-order valence-corrected chi connectivity index (χ4v) is 3.60. The van der Waals surface area contributed by atoms with Crippen LogP contribution in [-0.4, -0.2) is 41.2 Å². The lowest BCUT2D eigenvalue weighted by Gasteiger charge is -2.33. The van der Waals surface area contributed by atoms with Gasteiger partial charge in [0, 0.05) is 25.2 Å². The molecule has 10 heteroatoms. The molecule has 8 nitrogen and oxygen atoms in total. The molecule has 1 amide bonds. The minimum Gasteiger partial charge on any atom is -0.373 e. The normalized spacial score (nSPS) is 20.6. The largest absolute Gasteiger partial charge is 0.373 e. The Bertz CT molecular complexity index is 1060. The molecule has 0 aliphatic carbocycles. The molecule has 1 aliphatic heterocycles. The third kappa shape index (κ3) is 4.24. The molecular formula is C20H20Cl2N6O2. The summed E-state index contributed by atoms with van der Waals surface area (Å²) in [4.78, 5) is 34.1. The number of nitrogens with one attached hydrogen (secondary N) is 3. The molecule has 1 aromatic heterocycles. The average molecular weight is 447 g/mol. The van der Waals surface area contributed by atoms with Crippen LogP contribution in [0.15, 0.2) is 59.2 Å². The second-order valence-corrected chi connectivity index (χ2v) is 7.52. The van der Waals surface area contributed by atoms with Crippen LogP contribution in [0.2, 0.25) is 5.02 Å². The predicted molar refractivity (Wildman–Crippen MR) is 117 cm³/mol. The number of carbonyl (C=O) groups is 2. The summed E-state index contributed by atoms with van der Waals surface area (Å²) in [6.45, 7) is 1.84. The Balaban J connectivity index is 1.94. The van der Waals surface area contributed by atoms with E-state index in [1.807, 2.05) is 19.1 Å². The molecule has 2 aromatic rings. The van der Waals surface area contributed by atoms with Gasteiger partial charge in [-0.2, -0.15) is 0 Å². The first-order chi connectivity index (χ1) is 14.3. The van der Waals surface area contributed by atoms with Gasteiger partial charge in [0.2, 0.25) is 0 Å². The van der Waals surface area contributed by atoms with Gasteiger partial charge in [0.1, 0.15) is 29.3 Å². The Morgan fingerprint density at radius 1 is 1.27 bits per heavy atom. The van der Waals surface area contributed by atoms with E-state index in [1.54, 1.807) is 37.2 Å². The van der Waals surface area contributed by atoms with Crippen LogP contribution in [0.1, 0.15) is 12.5 Å². The van der Waals surface area contributed by atoms with Crippen LogP contribution < -0.4 is 16.0 Å². The van der Waals surface area contributed by atoms with Crippen molar-refractivity contribution in [3.05, 3.63) is 69.7 Å². The molecule has 1 aromatic carbocycles. The summed E-state index contributed by atoms with van der Waals surface area (Å²) in [6, 6.07) is 8.83. The Morgan fingerprint density at radius 3 is 2.67 bits per heavy atom. The van der Waals surface area contributed by atoms with Crippen LogP contribution in [0.4, 0.5) is 11.6 Å². The average Bonchev–Trinajstić information content (AvgIpc) is 2.96. The maximum atomic E-state index is 12.7. The number of benzene rings is 1. The Kier molecular flexibility index (Phi) is 6.28. The Morgan fingerprint density at radius 2 is 2.00 bits per heavy atom. The van der Waals surface area contributed by atoms with E-state index in [1.165, 1.54) is 12.4 Å². The highest BCUT2D eigenvalue weighted by atomic mass is 35.5. The molecule has 1 aliphatic rings. The van der Waals surface area contributed by atoms with E-state index in [0.29, 0.717) is 22.9 Å². The second-order valence-electron chi connectivity index (χ2n) is 6.67. The SMILES string of the molecule is CNc1cc(N/C(C=O)=C/C(Cl)=C2/C(=O)NC(C)(c3cccc(Cl)c3)N2C)ncn1. The van der Waals surface area contributed by atoms with Crippen LogP contribution in [0.25, 0.3) is 0 Å². The van der Waals surface area contributed by atoms with Crippen molar-refractivity contribution in [3.63, 3.8) is 0 Å². The van der Waals surface area contributed by atoms with Gasteiger partial charge in [0.05, 0.1) is 10.7 Å². The van der Waals surface area contributed by atoms with Crippen LogP contribution >= 0.6 is 23.2 Å². The van der Waals surface area contributed by atoms with E-state index in [9.17, 15) is 9.59 Å². The molecule has 1 unspecified atom stereocenters. The summed E-state index contributed by atoms with van der Waals surface area (Å²) >= 11 is 12.6. The van der Waals surface area contributed by atoms with Gasteiger partial charge in [0.15, 0.2) is 6.29 Å². The standard InChI is InChI=1S/C20H20Cl2N6O2/c1-20(12-5-4-6-13(21)7-12)27-19(30)18(28(20)3)15(22)8-14(10-29)26-17-9-16(23-2)24-11-25-17/h4-11H,1-3H3,(H,27,30)(H2,23,24,25,26)/b14-8+,18-15+. The number of aromatic nitrogens is 2. The van der Waals surface area contributed by atoms with E-state index in [4.69, 9.17) is 23.2 Å². The van der Waals surface area contributed by atoms with E-state index < -0.39 is 5.66 Å². The molecule has 0 spiro atoms. The van der Waals surface area contributed by atoms with Crippen molar-refractivity contribution in [3.8, 4) is 0 Å². The van der Waals surface area contributed by atoms with Crippen LogP contribution in [0.3, 0.4) is 0 Å². The number of hydrogen-bond acceptors (Lipinski definition) is 7. The van der Waals surface area contributed by atoms with Crippen molar-refractivity contribution in [2.75, 3.05) is 24.7 Å². The summed E-state index contributed by atoms with van der Waals surface area (Å²) in [6.07, 6.45) is 3.32. The summed E-state index contributed by atoms with van der Waals surface area (Å²) in [5.74, 6) is 0.607. The first-order valence-corrected chi connectivity index (χ1v) is 9.70. The summed E-state index contributed by atoms with van der Waals surface area (Å²) in [5, 5.41) is 9.32. The molecule has 1 atom stereocenters. The van der Waals surface area contributed by atoms with Crippen molar-refractivity contribution in [1.82, 2.24) is 20.2 Å². The molecular weight excluding hydrogens is 427 g/mol. The number of rotatable bonds is 6. The van der Waals surface area contributed by atoms with Gasteiger partial charge < -0.3 is 20.9 Å². The highest BCUT2D eigenvalue weighted by Gasteiger charge is 2.44. The Labute approximate surface area is 184 Å². The van der Waals surface area contributed by atoms with Gasteiger partial charge in [-0.1, -0.05) is 35.3 Å². The van der Waals surface area contributed by atoms with Crippen molar-refractivity contribution in [2.45, 2.75) is 12.6 Å². The first-order valence-electron chi connectivity index (χ1n) is 8.94. The molecule has 2 heterocycles. The highest BCUT2D eigenvalue weighted by Crippen LogP contribution is 2.36. The lowest BCUT2D eigenvalue weighted by atomic mass is 10.0. The minimum atomic E-state index is -0.853. The molecule has 0 radical (unpaired) electrons. The number of allylic oxidation sites excluding steroid dienone is 3. The second kappa shape index (κ2) is 8.73. The monoisotopic (exact) mass is 446 g/mol. The minimum absolute atomic E-state index is 0.0956. The number of hydrogen-bond donors (Lipinski definition) is 3. The fourth-order valence-electron chi connectivity index (χ4n) is 3.08. The lowest BCUT2D eigenvalue weighted by Crippen LogP contribution is -2.44. The van der Waals surface area contributed by atoms with Crippen molar-refractivity contribution in [1.29, 1.82) is 0 Å². The summed E-state index contributed by atoms with van der Waals surface area (Å²) in [7, 11) is 3.46. The molecule has 3 rings (SSSR count). The van der Waals surface area contributed by atoms with Gasteiger partial charge in [0.25, 0.3) is 5.91 Å². The van der Waals surface area contributed by atoms with Gasteiger partial charge in [-0.05, 0) is 30.7 Å². The zero-order valence-electron chi connectivity index (χ0n) is 16.5. The fraction of sp³-hybridized carbons (Fsp3) is 0.200. The van der Waals surface area contributed by atoms with Gasteiger partial charge in [-0.3, -0.25) is 9.59 Å². The predicted octanol–water partition coefficient (Wildman–Crippen LogP) is 3.05. The number of carbonyl (C=O) groups excluding carboxylic acids is 2. The summed E-state index contributed by atoms with van der Waals surface area (Å²) in [5.41, 5.74) is 0.294. The molecule has 0 bridgehead atoms. The van der Waals surface area contributed by atoms with E-state index in [0.717, 1.165) is 5.56 Å². The van der Waals surface area contributed by atoms with Crippen LogP contribution in [0, 0.1) is 0 Å². The smallest absolute Gasteiger partial charge is 0.271 e. The molecule has 156 valence electrons. The number of anilines is 2. The number of amides is 1. The van der Waals surface area contributed by atoms with Crippen molar-refractivity contribution in [2.24, 2.45) is 0 Å². The number of nitrogens with zero attached hydrogens (tertiary/aromatic N) is 3. The number of aldehydes is 1. The topological polar surface area (TPSA) is 99.2 Å². The third-order valence-electron chi connectivity index (χ3n) is 4.80. The molecule has 1 fully saturated rings. The molecule has 1 saturated heterocycles. The zero-order chi connectivity index (χ0) is 21.9. The summed E-state index contributed by atoms with van der Waals surface area (Å²) < 4.78 is 0. The van der Waals surface area contributed by atoms with Gasteiger partial charge in [-0.15, -0.1) is 0 Å². The first kappa shape index (κ1) is 21.6. The third-order valence-corrected chi connectivity index (χ3v) is 5.32. The number of halogens is 2.